The van der Waals surface area contributed by atoms with Gasteiger partial charge >= 0.3 is 0 Å². The van der Waals surface area contributed by atoms with Crippen LogP contribution >= 0.6 is 11.3 Å². The number of hydrogen-bond acceptors (Lipinski definition) is 4. The van der Waals surface area contributed by atoms with Crippen LogP contribution in [0, 0.1) is 13.8 Å². The monoisotopic (exact) mass is 365 g/mol. The molecule has 0 N–H and O–H groups in total. The fourth-order valence-corrected chi connectivity index (χ4v) is 4.44. The summed E-state index contributed by atoms with van der Waals surface area (Å²) < 4.78 is 1.23. The van der Waals surface area contributed by atoms with Crippen molar-refractivity contribution in [1.29, 1.82) is 0 Å². The van der Waals surface area contributed by atoms with Crippen LogP contribution in [-0.4, -0.2) is 42.0 Å². The molecule has 4 rings (SSSR count). The zero-order chi connectivity index (χ0) is 18.1. The van der Waals surface area contributed by atoms with Crippen LogP contribution in [0.15, 0.2) is 42.5 Å². The molecule has 0 atom stereocenters. The molecule has 0 spiro atoms. The molecule has 0 radical (unpaired) electrons. The average molecular weight is 366 g/mol. The second-order valence-electron chi connectivity index (χ2n) is 6.95. The van der Waals surface area contributed by atoms with Crippen molar-refractivity contribution < 1.29 is 4.79 Å². The summed E-state index contributed by atoms with van der Waals surface area (Å²) in [7, 11) is 0. The number of thiazole rings is 1. The van der Waals surface area contributed by atoms with Gasteiger partial charge in [0.05, 0.1) is 16.6 Å². The van der Waals surface area contributed by atoms with Crippen LogP contribution in [0.25, 0.3) is 10.2 Å². The smallest absolute Gasteiger partial charge is 0.227 e. The Labute approximate surface area is 158 Å². The van der Waals surface area contributed by atoms with E-state index in [0.29, 0.717) is 6.42 Å². The maximum absolute atomic E-state index is 12.6. The van der Waals surface area contributed by atoms with Crippen LogP contribution in [0.1, 0.15) is 16.7 Å². The van der Waals surface area contributed by atoms with Crippen LogP contribution in [-0.2, 0) is 11.2 Å². The second kappa shape index (κ2) is 7.08. The minimum Gasteiger partial charge on any atom is -0.345 e. The van der Waals surface area contributed by atoms with Crippen molar-refractivity contribution in [2.24, 2.45) is 0 Å². The van der Waals surface area contributed by atoms with Crippen LogP contribution in [0.5, 0.6) is 0 Å². The number of benzene rings is 2. The number of carbonyl (C=O) groups excluding carboxylic acids is 1. The highest BCUT2D eigenvalue weighted by Gasteiger charge is 2.23. The van der Waals surface area contributed by atoms with Crippen molar-refractivity contribution in [3.05, 3.63) is 59.2 Å². The highest BCUT2D eigenvalue weighted by Crippen LogP contribution is 2.31. The Hall–Kier alpha value is -2.40. The van der Waals surface area contributed by atoms with Crippen molar-refractivity contribution in [2.45, 2.75) is 20.3 Å². The first-order chi connectivity index (χ1) is 12.6. The van der Waals surface area contributed by atoms with E-state index in [1.54, 1.807) is 11.3 Å². The summed E-state index contributed by atoms with van der Waals surface area (Å²) in [5, 5.41) is 1.07. The molecule has 1 aliphatic rings. The van der Waals surface area contributed by atoms with Gasteiger partial charge < -0.3 is 9.80 Å². The van der Waals surface area contributed by atoms with Gasteiger partial charge in [0.1, 0.15) is 0 Å². The number of aryl methyl sites for hydroxylation is 2. The van der Waals surface area contributed by atoms with E-state index in [1.165, 1.54) is 15.8 Å². The van der Waals surface area contributed by atoms with E-state index in [0.717, 1.165) is 42.4 Å². The molecule has 1 saturated heterocycles. The molecule has 3 aromatic rings. The lowest BCUT2D eigenvalue weighted by Gasteiger charge is -2.34. The molecule has 1 aromatic heterocycles. The molecule has 0 saturated carbocycles. The van der Waals surface area contributed by atoms with Crippen LogP contribution < -0.4 is 4.90 Å². The highest BCUT2D eigenvalue weighted by molar-refractivity contribution is 7.22. The maximum atomic E-state index is 12.6. The minimum atomic E-state index is 0.216. The predicted molar refractivity (Wildman–Crippen MR) is 108 cm³/mol. The maximum Gasteiger partial charge on any atom is 0.227 e. The van der Waals surface area contributed by atoms with Gasteiger partial charge in [0.2, 0.25) is 5.91 Å². The number of nitrogens with zero attached hydrogens (tertiary/aromatic N) is 3. The summed E-state index contributed by atoms with van der Waals surface area (Å²) >= 11 is 1.74. The van der Waals surface area contributed by atoms with E-state index in [-0.39, 0.29) is 5.91 Å². The van der Waals surface area contributed by atoms with Crippen molar-refractivity contribution in [3.63, 3.8) is 0 Å². The molecular weight excluding hydrogens is 342 g/mol. The van der Waals surface area contributed by atoms with Crippen LogP contribution in [0.2, 0.25) is 0 Å². The van der Waals surface area contributed by atoms with Crippen molar-refractivity contribution in [3.8, 4) is 0 Å². The Bertz CT molecular complexity index is 924. The lowest BCUT2D eigenvalue weighted by atomic mass is 10.1. The number of anilines is 1. The standard InChI is InChI=1S/C21H23N3OS/c1-15-6-8-17(9-7-15)14-19(25)23-10-12-24(13-11-23)21-22-20-16(2)4-3-5-18(20)26-21/h3-9H,10-14H2,1-2H3. The van der Waals surface area contributed by atoms with E-state index in [9.17, 15) is 4.79 Å². The summed E-state index contributed by atoms with van der Waals surface area (Å²) in [6, 6.07) is 14.5. The Morgan fingerprint density at radius 3 is 2.46 bits per heavy atom. The summed E-state index contributed by atoms with van der Waals surface area (Å²) in [5.74, 6) is 0.216. The lowest BCUT2D eigenvalue weighted by molar-refractivity contribution is -0.130. The highest BCUT2D eigenvalue weighted by atomic mass is 32.1. The first-order valence-corrected chi connectivity index (χ1v) is 9.86. The van der Waals surface area contributed by atoms with E-state index in [1.807, 2.05) is 17.0 Å². The molecule has 1 amide bonds. The number of rotatable bonds is 3. The summed E-state index contributed by atoms with van der Waals surface area (Å²) in [6.45, 7) is 7.39. The first kappa shape index (κ1) is 17.0. The fourth-order valence-electron chi connectivity index (χ4n) is 3.35. The zero-order valence-electron chi connectivity index (χ0n) is 15.2. The summed E-state index contributed by atoms with van der Waals surface area (Å²) in [5.41, 5.74) is 4.63. The van der Waals surface area contributed by atoms with Crippen LogP contribution in [0.4, 0.5) is 5.13 Å². The molecule has 4 nitrogen and oxygen atoms in total. The van der Waals surface area contributed by atoms with Gasteiger partial charge in [-0.05, 0) is 31.0 Å². The number of carbonyl (C=O) groups is 1. The molecule has 134 valence electrons. The minimum absolute atomic E-state index is 0.216. The third kappa shape index (κ3) is 3.44. The molecule has 0 bridgehead atoms. The van der Waals surface area contributed by atoms with Gasteiger partial charge in [-0.15, -0.1) is 0 Å². The molecule has 5 heteroatoms. The first-order valence-electron chi connectivity index (χ1n) is 9.04. The quantitative estimate of drug-likeness (QED) is 0.708. The molecular formula is C21H23N3OS. The molecule has 26 heavy (non-hydrogen) atoms. The Morgan fingerprint density at radius 1 is 1.04 bits per heavy atom. The largest absolute Gasteiger partial charge is 0.345 e. The summed E-state index contributed by atoms with van der Waals surface area (Å²) in [4.78, 5) is 21.7. The van der Waals surface area contributed by atoms with E-state index in [4.69, 9.17) is 4.98 Å². The normalized spacial score (nSPS) is 14.8. The predicted octanol–water partition coefficient (Wildman–Crippen LogP) is 3.80. The topological polar surface area (TPSA) is 36.4 Å². The molecule has 1 fully saturated rings. The van der Waals surface area contributed by atoms with Gasteiger partial charge in [-0.3, -0.25) is 4.79 Å². The Morgan fingerprint density at radius 2 is 1.77 bits per heavy atom. The summed E-state index contributed by atoms with van der Waals surface area (Å²) in [6.07, 6.45) is 0.487. The van der Waals surface area contributed by atoms with Crippen molar-refractivity contribution in [1.82, 2.24) is 9.88 Å². The molecule has 0 unspecified atom stereocenters. The Balaban J connectivity index is 1.39. The van der Waals surface area contributed by atoms with Crippen LogP contribution in [0.3, 0.4) is 0 Å². The Kier molecular flexibility index (Phi) is 4.64. The van der Waals surface area contributed by atoms with Crippen molar-refractivity contribution in [2.75, 3.05) is 31.1 Å². The van der Waals surface area contributed by atoms with E-state index in [2.05, 4.69) is 49.1 Å². The van der Waals surface area contributed by atoms with Crippen molar-refractivity contribution >= 4 is 32.6 Å². The zero-order valence-corrected chi connectivity index (χ0v) is 16.1. The SMILES string of the molecule is Cc1ccc(CC(=O)N2CCN(c3nc4c(C)cccc4s3)CC2)cc1. The number of aromatic nitrogens is 1. The number of fused-ring (bicyclic) bond motifs is 1. The van der Waals surface area contributed by atoms with Gasteiger partial charge in [-0.2, -0.15) is 0 Å². The van der Waals surface area contributed by atoms with E-state index >= 15 is 0 Å². The van der Waals surface area contributed by atoms with E-state index < -0.39 is 0 Å². The number of hydrogen-bond donors (Lipinski definition) is 0. The molecule has 1 aliphatic heterocycles. The van der Waals surface area contributed by atoms with Gasteiger partial charge in [0.15, 0.2) is 5.13 Å². The van der Waals surface area contributed by atoms with Gasteiger partial charge in [-0.1, -0.05) is 53.3 Å². The number of amides is 1. The number of piperazine rings is 1. The third-order valence-corrected chi connectivity index (χ3v) is 6.07. The van der Waals surface area contributed by atoms with Gasteiger partial charge in [0.25, 0.3) is 0 Å². The average Bonchev–Trinajstić information content (AvgIpc) is 3.09. The molecule has 2 aromatic carbocycles. The molecule has 2 heterocycles. The van der Waals surface area contributed by atoms with Gasteiger partial charge in [-0.25, -0.2) is 4.98 Å². The van der Waals surface area contributed by atoms with Gasteiger partial charge in [0, 0.05) is 26.2 Å². The third-order valence-electron chi connectivity index (χ3n) is 4.99. The second-order valence-corrected chi connectivity index (χ2v) is 7.96. The number of para-hydroxylation sites is 1. The lowest BCUT2D eigenvalue weighted by Crippen LogP contribution is -2.49. The molecule has 0 aliphatic carbocycles. The fraction of sp³-hybridized carbons (Fsp3) is 0.333.